The number of benzene rings is 2. The summed E-state index contributed by atoms with van der Waals surface area (Å²) in [5.74, 6) is -0.633. The van der Waals surface area contributed by atoms with E-state index >= 15 is 0 Å². The number of rotatable bonds is 8. The molecule has 2 amide bonds. The summed E-state index contributed by atoms with van der Waals surface area (Å²) in [5, 5.41) is 8.92. The van der Waals surface area contributed by atoms with Gasteiger partial charge >= 0.3 is 0 Å². The second-order valence-corrected chi connectivity index (χ2v) is 9.91. The Morgan fingerprint density at radius 3 is 2.50 bits per heavy atom. The fourth-order valence-electron chi connectivity index (χ4n) is 4.49. The summed E-state index contributed by atoms with van der Waals surface area (Å²) in [5.41, 5.74) is 1.51. The molecule has 1 aliphatic carbocycles. The minimum Gasteiger partial charge on any atom is -0.350 e. The van der Waals surface area contributed by atoms with Crippen molar-refractivity contribution in [2.45, 2.75) is 50.5 Å². The molecule has 0 atom stereocenters. The van der Waals surface area contributed by atoms with Crippen LogP contribution in [0.3, 0.4) is 0 Å². The van der Waals surface area contributed by atoms with E-state index in [0.717, 1.165) is 43.2 Å². The second kappa shape index (κ2) is 11.1. The molecule has 178 valence electrons. The van der Waals surface area contributed by atoms with Crippen molar-refractivity contribution in [3.05, 3.63) is 86.6 Å². The highest BCUT2D eigenvalue weighted by Gasteiger charge is 2.41. The third-order valence-corrected chi connectivity index (χ3v) is 7.58. The fourth-order valence-corrected chi connectivity index (χ4v) is 5.44. The third-order valence-electron chi connectivity index (χ3n) is 6.36. The van der Waals surface area contributed by atoms with Gasteiger partial charge in [-0.3, -0.25) is 9.59 Å². The zero-order valence-corrected chi connectivity index (χ0v) is 20.4. The molecule has 0 spiro atoms. The van der Waals surface area contributed by atoms with E-state index < -0.39 is 5.41 Å². The lowest BCUT2D eigenvalue weighted by Crippen LogP contribution is -2.45. The summed E-state index contributed by atoms with van der Waals surface area (Å²) in [7, 11) is 0. The van der Waals surface area contributed by atoms with Gasteiger partial charge in [-0.25, -0.2) is 9.37 Å². The van der Waals surface area contributed by atoms with E-state index in [-0.39, 0.29) is 24.2 Å². The van der Waals surface area contributed by atoms with Crippen LogP contribution >= 0.6 is 22.9 Å². The van der Waals surface area contributed by atoms with Crippen LogP contribution < -0.4 is 10.6 Å². The molecule has 4 rings (SSSR count). The standard InChI is InChI=1S/C26H27ClFN3O2S/c27-21-7-3-2-6-18(21)12-15-29-24(32)22-17-34-23(31-22)16-30-25(33)26(13-4-1-5-14-26)19-8-10-20(28)11-9-19/h2-3,6-11,17H,1,4-5,12-16H2,(H,29,32)(H,30,33). The first kappa shape index (κ1) is 24.4. The monoisotopic (exact) mass is 499 g/mol. The Morgan fingerprint density at radius 2 is 1.76 bits per heavy atom. The van der Waals surface area contributed by atoms with E-state index in [1.54, 1.807) is 17.5 Å². The Balaban J connectivity index is 1.34. The van der Waals surface area contributed by atoms with Crippen molar-refractivity contribution in [3.63, 3.8) is 0 Å². The zero-order chi connectivity index (χ0) is 24.0. The van der Waals surface area contributed by atoms with E-state index in [4.69, 9.17) is 11.6 Å². The highest BCUT2D eigenvalue weighted by atomic mass is 35.5. The minimum absolute atomic E-state index is 0.0697. The van der Waals surface area contributed by atoms with Gasteiger partial charge in [0.1, 0.15) is 16.5 Å². The number of aromatic nitrogens is 1. The number of nitrogens with one attached hydrogen (secondary N) is 2. The molecule has 1 fully saturated rings. The number of carbonyl (C=O) groups is 2. The Morgan fingerprint density at radius 1 is 1.03 bits per heavy atom. The molecular weight excluding hydrogens is 473 g/mol. The number of amides is 2. The topological polar surface area (TPSA) is 71.1 Å². The van der Waals surface area contributed by atoms with Crippen LogP contribution in [0.4, 0.5) is 4.39 Å². The van der Waals surface area contributed by atoms with Gasteiger partial charge in [0, 0.05) is 16.9 Å². The van der Waals surface area contributed by atoms with E-state index in [2.05, 4.69) is 15.6 Å². The van der Waals surface area contributed by atoms with Gasteiger partial charge in [0.2, 0.25) is 5.91 Å². The zero-order valence-electron chi connectivity index (χ0n) is 18.8. The SMILES string of the molecule is O=C(NCCc1ccccc1Cl)c1csc(CNC(=O)C2(c3ccc(F)cc3)CCCCC2)n1. The number of halogens is 2. The maximum atomic E-state index is 13.5. The van der Waals surface area contributed by atoms with Crippen LogP contribution in [0, 0.1) is 5.82 Å². The van der Waals surface area contributed by atoms with Crippen molar-refractivity contribution in [1.29, 1.82) is 0 Å². The largest absolute Gasteiger partial charge is 0.350 e. The Labute approximate surface area is 207 Å². The fraction of sp³-hybridized carbons (Fsp3) is 0.346. The molecule has 1 aliphatic rings. The Bertz CT molecular complexity index is 1140. The highest BCUT2D eigenvalue weighted by molar-refractivity contribution is 7.09. The van der Waals surface area contributed by atoms with Gasteiger partial charge in [-0.05, 0) is 48.6 Å². The molecule has 1 heterocycles. The van der Waals surface area contributed by atoms with Crippen LogP contribution in [0.2, 0.25) is 5.02 Å². The van der Waals surface area contributed by atoms with Gasteiger partial charge in [0.05, 0.1) is 12.0 Å². The van der Waals surface area contributed by atoms with E-state index in [1.165, 1.54) is 23.5 Å². The van der Waals surface area contributed by atoms with Gasteiger partial charge in [0.15, 0.2) is 0 Å². The quantitative estimate of drug-likeness (QED) is 0.434. The van der Waals surface area contributed by atoms with E-state index in [0.29, 0.717) is 28.7 Å². The average Bonchev–Trinajstić information content (AvgIpc) is 3.34. The maximum Gasteiger partial charge on any atom is 0.270 e. The first-order valence-corrected chi connectivity index (χ1v) is 12.7. The number of thiazole rings is 1. The summed E-state index contributed by atoms with van der Waals surface area (Å²) in [6.45, 7) is 0.700. The van der Waals surface area contributed by atoms with Crippen LogP contribution in [-0.2, 0) is 23.2 Å². The van der Waals surface area contributed by atoms with Crippen molar-refractivity contribution in [2.75, 3.05) is 6.54 Å². The van der Waals surface area contributed by atoms with E-state index in [9.17, 15) is 14.0 Å². The van der Waals surface area contributed by atoms with Crippen molar-refractivity contribution in [1.82, 2.24) is 15.6 Å². The van der Waals surface area contributed by atoms with Gasteiger partial charge in [-0.2, -0.15) is 0 Å². The maximum absolute atomic E-state index is 13.5. The first-order valence-electron chi connectivity index (χ1n) is 11.5. The minimum atomic E-state index is -0.651. The molecule has 2 N–H and O–H groups in total. The van der Waals surface area contributed by atoms with Crippen LogP contribution in [0.5, 0.6) is 0 Å². The van der Waals surface area contributed by atoms with Crippen molar-refractivity contribution in [3.8, 4) is 0 Å². The molecular formula is C26H27ClFN3O2S. The summed E-state index contributed by atoms with van der Waals surface area (Å²) < 4.78 is 13.5. The molecule has 3 aromatic rings. The normalized spacial score (nSPS) is 15.0. The van der Waals surface area contributed by atoms with Crippen LogP contribution in [0.25, 0.3) is 0 Å². The molecule has 0 aliphatic heterocycles. The molecule has 0 radical (unpaired) electrons. The van der Waals surface area contributed by atoms with Crippen LogP contribution in [0.15, 0.2) is 53.9 Å². The first-order chi connectivity index (χ1) is 16.5. The summed E-state index contributed by atoms with van der Waals surface area (Å²) in [6, 6.07) is 13.8. The predicted octanol–water partition coefficient (Wildman–Crippen LogP) is 5.43. The average molecular weight is 500 g/mol. The Hall–Kier alpha value is -2.77. The molecule has 0 unspecified atom stereocenters. The molecule has 8 heteroatoms. The lowest BCUT2D eigenvalue weighted by Gasteiger charge is -2.36. The van der Waals surface area contributed by atoms with Gasteiger partial charge in [0.25, 0.3) is 5.91 Å². The van der Waals surface area contributed by atoms with Gasteiger partial charge in [-0.15, -0.1) is 11.3 Å². The van der Waals surface area contributed by atoms with E-state index in [1.807, 2.05) is 24.3 Å². The summed E-state index contributed by atoms with van der Waals surface area (Å²) >= 11 is 7.50. The number of nitrogens with zero attached hydrogens (tertiary/aromatic N) is 1. The smallest absolute Gasteiger partial charge is 0.270 e. The molecule has 0 bridgehead atoms. The van der Waals surface area contributed by atoms with Gasteiger partial charge in [-0.1, -0.05) is 61.2 Å². The molecule has 1 aromatic heterocycles. The summed E-state index contributed by atoms with van der Waals surface area (Å²) in [4.78, 5) is 30.2. The van der Waals surface area contributed by atoms with Crippen LogP contribution in [0.1, 0.15) is 58.7 Å². The number of hydrogen-bond acceptors (Lipinski definition) is 4. The number of hydrogen-bond donors (Lipinski definition) is 2. The Kier molecular flexibility index (Phi) is 7.95. The lowest BCUT2D eigenvalue weighted by molar-refractivity contribution is -0.128. The molecule has 2 aromatic carbocycles. The molecule has 1 saturated carbocycles. The molecule has 34 heavy (non-hydrogen) atoms. The van der Waals surface area contributed by atoms with Gasteiger partial charge < -0.3 is 10.6 Å². The summed E-state index contributed by atoms with van der Waals surface area (Å²) in [6.07, 6.45) is 5.12. The third kappa shape index (κ3) is 5.65. The second-order valence-electron chi connectivity index (χ2n) is 8.56. The van der Waals surface area contributed by atoms with Crippen molar-refractivity contribution >= 4 is 34.8 Å². The highest BCUT2D eigenvalue weighted by Crippen LogP contribution is 2.40. The molecule has 5 nitrogen and oxygen atoms in total. The van der Waals surface area contributed by atoms with Crippen molar-refractivity contribution in [2.24, 2.45) is 0 Å². The number of carbonyl (C=O) groups excluding carboxylic acids is 2. The predicted molar refractivity (Wildman–Crippen MR) is 133 cm³/mol. The van der Waals surface area contributed by atoms with Crippen molar-refractivity contribution < 1.29 is 14.0 Å². The molecule has 0 saturated heterocycles. The van der Waals surface area contributed by atoms with Crippen LogP contribution in [-0.4, -0.2) is 23.3 Å². The lowest BCUT2D eigenvalue weighted by atomic mass is 9.68.